The van der Waals surface area contributed by atoms with Gasteiger partial charge in [-0.2, -0.15) is 0 Å². The Morgan fingerprint density at radius 1 is 1.39 bits per heavy atom. The maximum absolute atomic E-state index is 12.3. The van der Waals surface area contributed by atoms with Gasteiger partial charge in [0, 0.05) is 16.6 Å². The first-order valence-electron chi connectivity index (χ1n) is 5.92. The van der Waals surface area contributed by atoms with Crippen LogP contribution in [0.5, 0.6) is 0 Å². The Hall–Kier alpha value is -0.430. The van der Waals surface area contributed by atoms with Crippen molar-refractivity contribution in [2.24, 2.45) is 5.73 Å². The van der Waals surface area contributed by atoms with Crippen molar-refractivity contribution >= 4 is 26.0 Å². The molecule has 0 spiro atoms. The third kappa shape index (κ3) is 3.12. The van der Waals surface area contributed by atoms with Crippen molar-refractivity contribution in [3.8, 4) is 0 Å². The molecule has 0 bridgehead atoms. The van der Waals surface area contributed by atoms with Crippen molar-refractivity contribution in [1.29, 1.82) is 0 Å². The third-order valence-corrected chi connectivity index (χ3v) is 5.39. The molecule has 0 radical (unpaired) electrons. The number of rotatable bonds is 3. The van der Waals surface area contributed by atoms with Crippen LogP contribution in [0.3, 0.4) is 0 Å². The van der Waals surface area contributed by atoms with Gasteiger partial charge in [-0.05, 0) is 43.9 Å². The molecule has 1 saturated carbocycles. The minimum Gasteiger partial charge on any atom is -0.328 e. The summed E-state index contributed by atoms with van der Waals surface area (Å²) in [6.07, 6.45) is 2.41. The van der Waals surface area contributed by atoms with E-state index in [1.165, 1.54) is 0 Å². The summed E-state index contributed by atoms with van der Waals surface area (Å²) >= 11 is 3.30. The summed E-state index contributed by atoms with van der Waals surface area (Å²) in [6, 6.07) is 5.33. The van der Waals surface area contributed by atoms with Crippen molar-refractivity contribution in [3.05, 3.63) is 28.2 Å². The van der Waals surface area contributed by atoms with E-state index in [-0.39, 0.29) is 12.1 Å². The van der Waals surface area contributed by atoms with Crippen LogP contribution in [0.2, 0.25) is 0 Å². The van der Waals surface area contributed by atoms with Crippen LogP contribution < -0.4 is 10.5 Å². The standard InChI is InChI=1S/C12H17BrN2O2S/c1-8-2-3-9(13)6-12(8)18(16,17)15-11-5-4-10(14)7-11/h2-3,6,10-11,15H,4-5,7,14H2,1H3. The average Bonchev–Trinajstić information content (AvgIpc) is 2.66. The van der Waals surface area contributed by atoms with Gasteiger partial charge in [-0.3, -0.25) is 0 Å². The number of hydrogen-bond donors (Lipinski definition) is 2. The summed E-state index contributed by atoms with van der Waals surface area (Å²) in [5, 5.41) is 0. The number of nitrogens with one attached hydrogen (secondary N) is 1. The van der Waals surface area contributed by atoms with Gasteiger partial charge in [0.15, 0.2) is 0 Å². The fraction of sp³-hybridized carbons (Fsp3) is 0.500. The topological polar surface area (TPSA) is 72.2 Å². The number of halogens is 1. The average molecular weight is 333 g/mol. The Balaban J connectivity index is 2.23. The van der Waals surface area contributed by atoms with Crippen molar-refractivity contribution in [1.82, 2.24) is 4.72 Å². The molecule has 2 unspecified atom stereocenters. The van der Waals surface area contributed by atoms with Gasteiger partial charge in [-0.15, -0.1) is 0 Å². The third-order valence-electron chi connectivity index (χ3n) is 3.23. The summed E-state index contributed by atoms with van der Waals surface area (Å²) in [7, 11) is -3.46. The molecule has 0 amide bonds. The first-order chi connectivity index (χ1) is 8.38. The van der Waals surface area contributed by atoms with Crippen molar-refractivity contribution in [3.63, 3.8) is 0 Å². The van der Waals surface area contributed by atoms with E-state index in [0.29, 0.717) is 11.3 Å². The fourth-order valence-electron chi connectivity index (χ4n) is 2.27. The van der Waals surface area contributed by atoms with Crippen LogP contribution in [0.25, 0.3) is 0 Å². The van der Waals surface area contributed by atoms with E-state index >= 15 is 0 Å². The number of benzene rings is 1. The lowest BCUT2D eigenvalue weighted by atomic mass is 10.2. The second-order valence-corrected chi connectivity index (χ2v) is 7.40. The molecule has 1 aliphatic rings. The highest BCUT2D eigenvalue weighted by Gasteiger charge is 2.27. The molecule has 3 N–H and O–H groups in total. The van der Waals surface area contributed by atoms with Crippen molar-refractivity contribution in [2.45, 2.75) is 43.2 Å². The predicted molar refractivity (Wildman–Crippen MR) is 74.8 cm³/mol. The molecular weight excluding hydrogens is 316 g/mol. The summed E-state index contributed by atoms with van der Waals surface area (Å²) in [4.78, 5) is 0.331. The zero-order valence-electron chi connectivity index (χ0n) is 10.2. The quantitative estimate of drug-likeness (QED) is 0.888. The molecule has 0 heterocycles. The first-order valence-corrected chi connectivity index (χ1v) is 8.20. The van der Waals surface area contributed by atoms with Crippen LogP contribution in [0.1, 0.15) is 24.8 Å². The maximum Gasteiger partial charge on any atom is 0.241 e. The molecule has 4 nitrogen and oxygen atoms in total. The monoisotopic (exact) mass is 332 g/mol. The Morgan fingerprint density at radius 2 is 2.11 bits per heavy atom. The zero-order valence-corrected chi connectivity index (χ0v) is 12.6. The molecule has 1 aromatic carbocycles. The Kier molecular flexibility index (Phi) is 4.11. The van der Waals surface area contributed by atoms with Crippen LogP contribution in [0, 0.1) is 6.92 Å². The largest absolute Gasteiger partial charge is 0.328 e. The lowest BCUT2D eigenvalue weighted by Gasteiger charge is -2.14. The highest BCUT2D eigenvalue weighted by Crippen LogP contribution is 2.23. The number of nitrogens with two attached hydrogens (primary N) is 1. The Morgan fingerprint density at radius 3 is 2.72 bits per heavy atom. The van der Waals surface area contributed by atoms with Crippen LogP contribution in [0.15, 0.2) is 27.6 Å². The Bertz CT molecular complexity index is 545. The minimum absolute atomic E-state index is 0.0385. The Labute approximate surface area is 116 Å². The molecule has 100 valence electrons. The van der Waals surface area contributed by atoms with E-state index < -0.39 is 10.0 Å². The van der Waals surface area contributed by atoms with Crippen LogP contribution in [-0.4, -0.2) is 20.5 Å². The molecule has 2 atom stereocenters. The van der Waals surface area contributed by atoms with E-state index in [2.05, 4.69) is 20.7 Å². The van der Waals surface area contributed by atoms with Gasteiger partial charge in [-0.25, -0.2) is 13.1 Å². The zero-order chi connectivity index (χ0) is 13.3. The van der Waals surface area contributed by atoms with Gasteiger partial charge < -0.3 is 5.73 Å². The second-order valence-electron chi connectivity index (χ2n) is 4.80. The predicted octanol–water partition coefficient (Wildman–Crippen LogP) is 1.92. The van der Waals surface area contributed by atoms with E-state index in [9.17, 15) is 8.42 Å². The van der Waals surface area contributed by atoms with E-state index in [1.54, 1.807) is 19.1 Å². The smallest absolute Gasteiger partial charge is 0.241 e. The van der Waals surface area contributed by atoms with E-state index in [0.717, 1.165) is 22.9 Å². The molecule has 0 saturated heterocycles. The number of sulfonamides is 1. The summed E-state index contributed by atoms with van der Waals surface area (Å²) < 4.78 is 28.1. The second kappa shape index (κ2) is 5.28. The van der Waals surface area contributed by atoms with Gasteiger partial charge in [0.05, 0.1) is 4.90 Å². The lowest BCUT2D eigenvalue weighted by molar-refractivity contribution is 0.548. The maximum atomic E-state index is 12.3. The highest BCUT2D eigenvalue weighted by atomic mass is 79.9. The van der Waals surface area contributed by atoms with Crippen molar-refractivity contribution in [2.75, 3.05) is 0 Å². The summed E-state index contributed by atoms with van der Waals surface area (Å²) in [5.41, 5.74) is 6.54. The molecule has 6 heteroatoms. The number of hydrogen-bond acceptors (Lipinski definition) is 3. The molecule has 18 heavy (non-hydrogen) atoms. The van der Waals surface area contributed by atoms with E-state index in [1.807, 2.05) is 6.07 Å². The van der Waals surface area contributed by atoms with Crippen LogP contribution >= 0.6 is 15.9 Å². The summed E-state index contributed by atoms with van der Waals surface area (Å²) in [6.45, 7) is 1.79. The van der Waals surface area contributed by atoms with Gasteiger partial charge in [0.2, 0.25) is 10.0 Å². The van der Waals surface area contributed by atoms with E-state index in [4.69, 9.17) is 5.73 Å². The van der Waals surface area contributed by atoms with Crippen LogP contribution in [-0.2, 0) is 10.0 Å². The van der Waals surface area contributed by atoms with Gasteiger partial charge in [0.1, 0.15) is 0 Å². The molecule has 0 aromatic heterocycles. The van der Waals surface area contributed by atoms with Gasteiger partial charge in [0.25, 0.3) is 0 Å². The molecule has 2 rings (SSSR count). The minimum atomic E-state index is -3.46. The summed E-state index contributed by atoms with van der Waals surface area (Å²) in [5.74, 6) is 0. The fourth-order valence-corrected chi connectivity index (χ4v) is 4.34. The van der Waals surface area contributed by atoms with Crippen molar-refractivity contribution < 1.29 is 8.42 Å². The molecule has 0 aliphatic heterocycles. The first kappa shape index (κ1) is 14.0. The lowest BCUT2D eigenvalue weighted by Crippen LogP contribution is -2.34. The molecular formula is C12H17BrN2O2S. The SMILES string of the molecule is Cc1ccc(Br)cc1S(=O)(=O)NC1CCC(N)C1. The van der Waals surface area contributed by atoms with Gasteiger partial charge in [-0.1, -0.05) is 22.0 Å². The number of aryl methyl sites for hydroxylation is 1. The van der Waals surface area contributed by atoms with Gasteiger partial charge >= 0.3 is 0 Å². The molecule has 1 fully saturated rings. The molecule has 1 aliphatic carbocycles. The normalized spacial score (nSPS) is 24.4. The molecule has 1 aromatic rings. The van der Waals surface area contributed by atoms with Crippen LogP contribution in [0.4, 0.5) is 0 Å². The highest BCUT2D eigenvalue weighted by molar-refractivity contribution is 9.10.